The van der Waals surface area contributed by atoms with Crippen molar-refractivity contribution < 1.29 is 14.3 Å². The molecule has 7 heteroatoms. The molecule has 1 aromatic heterocycles. The van der Waals surface area contributed by atoms with Crippen molar-refractivity contribution in [3.63, 3.8) is 0 Å². The SMILES string of the molecule is COc1ccc(-c2n[nH]nc2C(N)=O)cc1COc1ccc2c(c1)CCC2. The summed E-state index contributed by atoms with van der Waals surface area (Å²) in [6.45, 7) is 0.333. The summed E-state index contributed by atoms with van der Waals surface area (Å²) in [7, 11) is 1.61. The van der Waals surface area contributed by atoms with Gasteiger partial charge in [0, 0.05) is 11.1 Å². The topological polar surface area (TPSA) is 103 Å². The number of fused-ring (bicyclic) bond motifs is 1. The maximum Gasteiger partial charge on any atom is 0.271 e. The highest BCUT2D eigenvalue weighted by atomic mass is 16.5. The molecule has 0 fully saturated rings. The number of H-pyrrole nitrogens is 1. The van der Waals surface area contributed by atoms with E-state index in [9.17, 15) is 4.79 Å². The lowest BCUT2D eigenvalue weighted by Gasteiger charge is -2.12. The number of carbonyl (C=O) groups excluding carboxylic acids is 1. The van der Waals surface area contributed by atoms with Gasteiger partial charge in [0.25, 0.3) is 5.91 Å². The van der Waals surface area contributed by atoms with Crippen molar-refractivity contribution in [2.24, 2.45) is 5.73 Å². The number of methoxy groups -OCH3 is 1. The van der Waals surface area contributed by atoms with E-state index in [1.807, 2.05) is 24.3 Å². The first-order chi connectivity index (χ1) is 13.2. The van der Waals surface area contributed by atoms with Crippen molar-refractivity contribution in [1.82, 2.24) is 15.4 Å². The van der Waals surface area contributed by atoms with Gasteiger partial charge in [-0.05, 0) is 60.7 Å². The molecule has 0 aliphatic heterocycles. The largest absolute Gasteiger partial charge is 0.496 e. The van der Waals surface area contributed by atoms with Crippen LogP contribution in [-0.4, -0.2) is 28.4 Å². The molecule has 0 bridgehead atoms. The number of aromatic amines is 1. The van der Waals surface area contributed by atoms with Crippen LogP contribution in [0.5, 0.6) is 11.5 Å². The fourth-order valence-electron chi connectivity index (χ4n) is 3.44. The number of aromatic nitrogens is 3. The van der Waals surface area contributed by atoms with Crippen LogP contribution in [0.1, 0.15) is 33.6 Å². The summed E-state index contributed by atoms with van der Waals surface area (Å²) >= 11 is 0. The van der Waals surface area contributed by atoms with Crippen molar-refractivity contribution in [1.29, 1.82) is 0 Å². The molecule has 1 aliphatic carbocycles. The van der Waals surface area contributed by atoms with Crippen LogP contribution < -0.4 is 15.2 Å². The Morgan fingerprint density at radius 2 is 2.00 bits per heavy atom. The zero-order valence-corrected chi connectivity index (χ0v) is 15.0. The van der Waals surface area contributed by atoms with Crippen molar-refractivity contribution in [3.05, 3.63) is 58.8 Å². The number of carbonyl (C=O) groups is 1. The number of aryl methyl sites for hydroxylation is 2. The van der Waals surface area contributed by atoms with Gasteiger partial charge >= 0.3 is 0 Å². The fraction of sp³-hybridized carbons (Fsp3) is 0.250. The van der Waals surface area contributed by atoms with Gasteiger partial charge in [-0.15, -0.1) is 0 Å². The fourth-order valence-corrected chi connectivity index (χ4v) is 3.44. The van der Waals surface area contributed by atoms with E-state index in [0.29, 0.717) is 23.6 Å². The van der Waals surface area contributed by atoms with Gasteiger partial charge < -0.3 is 15.2 Å². The van der Waals surface area contributed by atoms with Gasteiger partial charge in [-0.2, -0.15) is 15.4 Å². The third-order valence-corrected chi connectivity index (χ3v) is 4.80. The van der Waals surface area contributed by atoms with Crippen LogP contribution in [0.25, 0.3) is 11.3 Å². The second kappa shape index (κ2) is 7.11. The molecule has 138 valence electrons. The normalized spacial score (nSPS) is 12.6. The number of rotatable bonds is 6. The van der Waals surface area contributed by atoms with Gasteiger partial charge in [0.1, 0.15) is 23.8 Å². The molecule has 1 heterocycles. The molecule has 0 radical (unpaired) electrons. The van der Waals surface area contributed by atoms with Crippen molar-refractivity contribution in [2.75, 3.05) is 7.11 Å². The monoisotopic (exact) mass is 364 g/mol. The Morgan fingerprint density at radius 3 is 2.81 bits per heavy atom. The minimum atomic E-state index is -0.634. The van der Waals surface area contributed by atoms with Crippen LogP contribution in [0.4, 0.5) is 0 Å². The van der Waals surface area contributed by atoms with Crippen LogP contribution >= 0.6 is 0 Å². The molecule has 1 amide bonds. The summed E-state index contributed by atoms with van der Waals surface area (Å²) in [6.07, 6.45) is 3.45. The molecule has 27 heavy (non-hydrogen) atoms. The van der Waals surface area contributed by atoms with Crippen molar-refractivity contribution in [3.8, 4) is 22.8 Å². The number of amides is 1. The van der Waals surface area contributed by atoms with Gasteiger partial charge in [-0.1, -0.05) is 6.07 Å². The zero-order valence-electron chi connectivity index (χ0n) is 15.0. The molecular weight excluding hydrogens is 344 g/mol. The molecule has 3 aromatic rings. The van der Waals surface area contributed by atoms with E-state index in [0.717, 1.165) is 24.2 Å². The number of nitrogens with one attached hydrogen (secondary N) is 1. The van der Waals surface area contributed by atoms with Crippen LogP contribution in [0.2, 0.25) is 0 Å². The van der Waals surface area contributed by atoms with Crippen LogP contribution in [-0.2, 0) is 19.4 Å². The van der Waals surface area contributed by atoms with Crippen molar-refractivity contribution >= 4 is 5.91 Å². The third kappa shape index (κ3) is 3.36. The average molecular weight is 364 g/mol. The van der Waals surface area contributed by atoms with Crippen molar-refractivity contribution in [2.45, 2.75) is 25.9 Å². The predicted octanol–water partition coefficient (Wildman–Crippen LogP) is 2.65. The molecule has 2 aromatic carbocycles. The Kier molecular flexibility index (Phi) is 4.50. The minimum absolute atomic E-state index is 0.102. The summed E-state index contributed by atoms with van der Waals surface area (Å²) in [4.78, 5) is 11.5. The van der Waals surface area contributed by atoms with Gasteiger partial charge in [0.2, 0.25) is 0 Å². The van der Waals surface area contributed by atoms with E-state index < -0.39 is 5.91 Å². The highest BCUT2D eigenvalue weighted by molar-refractivity contribution is 5.96. The number of hydrogen-bond acceptors (Lipinski definition) is 5. The van der Waals surface area contributed by atoms with Crippen LogP contribution in [0.3, 0.4) is 0 Å². The molecule has 0 atom stereocenters. The number of hydrogen-bond donors (Lipinski definition) is 2. The maximum atomic E-state index is 11.5. The lowest BCUT2D eigenvalue weighted by Crippen LogP contribution is -2.12. The van der Waals surface area contributed by atoms with Gasteiger partial charge in [0.15, 0.2) is 5.69 Å². The number of primary amides is 1. The van der Waals surface area contributed by atoms with Crippen LogP contribution in [0, 0.1) is 0 Å². The Hall–Kier alpha value is -3.35. The van der Waals surface area contributed by atoms with Gasteiger partial charge in [-0.25, -0.2) is 0 Å². The molecule has 0 spiro atoms. The van der Waals surface area contributed by atoms with E-state index in [1.54, 1.807) is 7.11 Å². The first-order valence-corrected chi connectivity index (χ1v) is 8.78. The number of ether oxygens (including phenoxy) is 2. The molecule has 4 rings (SSSR count). The highest BCUT2D eigenvalue weighted by Crippen LogP contribution is 2.30. The first kappa shape index (κ1) is 17.1. The Labute approximate surface area is 156 Å². The summed E-state index contributed by atoms with van der Waals surface area (Å²) in [5, 5.41) is 10.3. The van der Waals surface area contributed by atoms with E-state index in [4.69, 9.17) is 15.2 Å². The number of nitrogens with zero attached hydrogens (tertiary/aromatic N) is 2. The number of benzene rings is 2. The summed E-state index contributed by atoms with van der Waals surface area (Å²) in [6, 6.07) is 11.7. The number of nitrogens with two attached hydrogens (primary N) is 1. The minimum Gasteiger partial charge on any atom is -0.496 e. The second-order valence-electron chi connectivity index (χ2n) is 6.48. The summed E-state index contributed by atoms with van der Waals surface area (Å²) in [5.74, 6) is 0.900. The molecule has 0 saturated carbocycles. The Morgan fingerprint density at radius 1 is 1.15 bits per heavy atom. The first-order valence-electron chi connectivity index (χ1n) is 8.78. The second-order valence-corrected chi connectivity index (χ2v) is 6.48. The van der Waals surface area contributed by atoms with E-state index >= 15 is 0 Å². The lowest BCUT2D eigenvalue weighted by molar-refractivity contribution is 0.0996. The summed E-state index contributed by atoms with van der Waals surface area (Å²) < 4.78 is 11.4. The zero-order chi connectivity index (χ0) is 18.8. The maximum absolute atomic E-state index is 11.5. The highest BCUT2D eigenvalue weighted by Gasteiger charge is 2.17. The Bertz CT molecular complexity index is 997. The van der Waals surface area contributed by atoms with Crippen LogP contribution in [0.15, 0.2) is 36.4 Å². The van der Waals surface area contributed by atoms with Gasteiger partial charge in [0.05, 0.1) is 7.11 Å². The van der Waals surface area contributed by atoms with E-state index in [2.05, 4.69) is 27.5 Å². The van der Waals surface area contributed by atoms with E-state index in [1.165, 1.54) is 17.5 Å². The van der Waals surface area contributed by atoms with Gasteiger partial charge in [-0.3, -0.25) is 4.79 Å². The molecular formula is C20H20N4O3. The lowest BCUT2D eigenvalue weighted by atomic mass is 10.1. The third-order valence-electron chi connectivity index (χ3n) is 4.80. The standard InChI is InChI=1S/C20H20N4O3/c1-26-17-8-6-14(18-19(20(21)25)23-24-22-18)9-15(17)11-27-16-7-5-12-3-2-4-13(12)10-16/h5-10H,2-4,11H2,1H3,(H2,21,25)(H,22,23,24). The molecule has 7 nitrogen and oxygen atoms in total. The average Bonchev–Trinajstić information content (AvgIpc) is 3.35. The quantitative estimate of drug-likeness (QED) is 0.700. The van der Waals surface area contributed by atoms with E-state index in [-0.39, 0.29) is 5.69 Å². The predicted molar refractivity (Wildman–Crippen MR) is 99.7 cm³/mol. The summed E-state index contributed by atoms with van der Waals surface area (Å²) in [5.41, 5.74) is 10.2. The molecule has 3 N–H and O–H groups in total. The Balaban J connectivity index is 1.59. The molecule has 0 saturated heterocycles. The smallest absolute Gasteiger partial charge is 0.271 e. The molecule has 0 unspecified atom stereocenters. The molecule has 1 aliphatic rings.